The van der Waals surface area contributed by atoms with E-state index in [0.29, 0.717) is 38.4 Å². The van der Waals surface area contributed by atoms with Crippen molar-refractivity contribution in [2.45, 2.75) is 44.7 Å². The highest BCUT2D eigenvalue weighted by Gasteiger charge is 2.39. The van der Waals surface area contributed by atoms with Crippen LogP contribution < -0.4 is 10.1 Å². The lowest BCUT2D eigenvalue weighted by atomic mass is 9.82. The maximum atomic E-state index is 14.0. The van der Waals surface area contributed by atoms with Crippen molar-refractivity contribution in [1.82, 2.24) is 15.1 Å². The fraction of sp³-hybridized carbons (Fsp3) is 0.353. The van der Waals surface area contributed by atoms with Gasteiger partial charge in [0.05, 0.1) is 17.1 Å². The number of aryl methyl sites for hydroxylation is 1. The lowest BCUT2D eigenvalue weighted by molar-refractivity contribution is -0.132. The summed E-state index contributed by atoms with van der Waals surface area (Å²) in [4.78, 5) is 29.9. The van der Waals surface area contributed by atoms with Crippen LogP contribution in [0.1, 0.15) is 36.5 Å². The standard InChI is InChI=1S/C34H37BrFN3O3/c1-23(40)39-21-28-20-29(33(31(22-39)37-28)34(41)38(2)17-16-24-7-4-3-5-8-24)26-12-10-25(11-13-26)9-6-18-42-32-19-27(36)14-15-30(32)35/h3-5,7-8,10-15,19,28,31,37H,6,9,16-18,20-22H2,1-2H3/t28?,31-/m1/s1. The van der Waals surface area contributed by atoms with E-state index in [1.165, 1.54) is 23.3 Å². The molecule has 0 saturated carbocycles. The number of hydrogen-bond acceptors (Lipinski definition) is 4. The minimum absolute atomic E-state index is 0.00650. The Morgan fingerprint density at radius 3 is 2.50 bits per heavy atom. The number of ether oxygens (including phenoxy) is 1. The van der Waals surface area contributed by atoms with Gasteiger partial charge in [0.2, 0.25) is 5.91 Å². The average Bonchev–Trinajstić information content (AvgIpc) is 2.99. The van der Waals surface area contributed by atoms with Crippen molar-refractivity contribution < 1.29 is 18.7 Å². The number of nitrogens with zero attached hydrogens (tertiary/aromatic N) is 2. The molecule has 2 aliphatic heterocycles. The molecule has 1 N–H and O–H groups in total. The van der Waals surface area contributed by atoms with Crippen molar-refractivity contribution >= 4 is 33.3 Å². The summed E-state index contributed by atoms with van der Waals surface area (Å²) in [7, 11) is 1.86. The van der Waals surface area contributed by atoms with E-state index in [1.807, 2.05) is 35.0 Å². The van der Waals surface area contributed by atoms with E-state index in [1.54, 1.807) is 13.0 Å². The van der Waals surface area contributed by atoms with Gasteiger partial charge in [-0.05, 0) is 76.0 Å². The Hall–Kier alpha value is -3.49. The van der Waals surface area contributed by atoms with E-state index in [0.717, 1.165) is 40.4 Å². The van der Waals surface area contributed by atoms with Crippen LogP contribution in [-0.2, 0) is 22.4 Å². The van der Waals surface area contributed by atoms with Gasteiger partial charge in [-0.25, -0.2) is 4.39 Å². The highest BCUT2D eigenvalue weighted by Crippen LogP contribution is 2.34. The van der Waals surface area contributed by atoms with E-state index in [4.69, 9.17) is 4.74 Å². The van der Waals surface area contributed by atoms with Crippen LogP contribution in [0.3, 0.4) is 0 Å². The average molecular weight is 635 g/mol. The van der Waals surface area contributed by atoms with Crippen LogP contribution >= 0.6 is 15.9 Å². The molecule has 8 heteroatoms. The van der Waals surface area contributed by atoms with E-state index in [9.17, 15) is 14.0 Å². The van der Waals surface area contributed by atoms with Gasteiger partial charge in [-0.2, -0.15) is 0 Å². The zero-order valence-electron chi connectivity index (χ0n) is 24.1. The molecular formula is C34H37BrFN3O3. The number of likely N-dealkylation sites (N-methyl/N-ethyl adjacent to an activating group) is 1. The van der Waals surface area contributed by atoms with Crippen LogP contribution in [0.2, 0.25) is 0 Å². The predicted octanol–water partition coefficient (Wildman–Crippen LogP) is 5.65. The SMILES string of the molecule is CC(=O)N1CC2CC(c3ccc(CCCOc4cc(F)ccc4Br)cc3)=C(C(=O)N(C)CCc3ccccc3)[C@@H](C1)N2. The summed E-state index contributed by atoms with van der Waals surface area (Å²) < 4.78 is 20.0. The first-order valence-electron chi connectivity index (χ1n) is 14.5. The molecule has 2 heterocycles. The van der Waals surface area contributed by atoms with Gasteiger partial charge < -0.3 is 19.9 Å². The maximum Gasteiger partial charge on any atom is 0.251 e. The molecule has 0 radical (unpaired) electrons. The number of benzene rings is 3. The number of halogens is 2. The highest BCUT2D eigenvalue weighted by atomic mass is 79.9. The molecule has 3 aromatic rings. The minimum atomic E-state index is -0.325. The zero-order valence-corrected chi connectivity index (χ0v) is 25.7. The molecule has 5 rings (SSSR count). The lowest BCUT2D eigenvalue weighted by Crippen LogP contribution is -2.61. The summed E-state index contributed by atoms with van der Waals surface area (Å²) in [6.07, 6.45) is 3.07. The number of piperazine rings is 1. The van der Waals surface area contributed by atoms with Gasteiger partial charge in [0.25, 0.3) is 5.91 Å². The zero-order chi connectivity index (χ0) is 29.6. The summed E-state index contributed by atoms with van der Waals surface area (Å²) >= 11 is 3.40. The number of fused-ring (bicyclic) bond motifs is 2. The van der Waals surface area contributed by atoms with Crippen molar-refractivity contribution in [1.29, 1.82) is 0 Å². The van der Waals surface area contributed by atoms with Crippen LogP contribution in [0.15, 0.2) is 82.8 Å². The number of carbonyl (C=O) groups is 2. The Labute approximate surface area is 255 Å². The third kappa shape index (κ3) is 7.28. The Kier molecular flexibility index (Phi) is 9.75. The van der Waals surface area contributed by atoms with Gasteiger partial charge in [-0.1, -0.05) is 54.6 Å². The molecule has 42 heavy (non-hydrogen) atoms. The fourth-order valence-corrected chi connectivity index (χ4v) is 6.15. The van der Waals surface area contributed by atoms with E-state index < -0.39 is 0 Å². The number of carbonyl (C=O) groups excluding carboxylic acids is 2. The van der Waals surface area contributed by atoms with Gasteiger partial charge in [-0.15, -0.1) is 0 Å². The summed E-state index contributed by atoms with van der Waals surface area (Å²) in [6, 6.07) is 22.9. The van der Waals surface area contributed by atoms with Crippen LogP contribution in [0.25, 0.3) is 5.57 Å². The van der Waals surface area contributed by atoms with Gasteiger partial charge in [0.15, 0.2) is 0 Å². The summed E-state index contributed by atoms with van der Waals surface area (Å²) in [6.45, 7) is 3.81. The first-order valence-corrected chi connectivity index (χ1v) is 15.3. The topological polar surface area (TPSA) is 61.9 Å². The third-order valence-corrected chi connectivity index (χ3v) is 8.72. The quantitative estimate of drug-likeness (QED) is 0.293. The van der Waals surface area contributed by atoms with Crippen molar-refractivity contribution in [3.8, 4) is 5.75 Å². The first kappa shape index (κ1) is 30.0. The van der Waals surface area contributed by atoms with Crippen LogP contribution in [0, 0.1) is 5.82 Å². The Morgan fingerprint density at radius 1 is 1.02 bits per heavy atom. The molecule has 3 aromatic carbocycles. The smallest absolute Gasteiger partial charge is 0.251 e. The fourth-order valence-electron chi connectivity index (χ4n) is 5.79. The Bertz CT molecular complexity index is 1440. The maximum absolute atomic E-state index is 14.0. The molecule has 0 aliphatic carbocycles. The largest absolute Gasteiger partial charge is 0.492 e. The molecule has 220 valence electrons. The first-order chi connectivity index (χ1) is 20.3. The molecule has 1 unspecified atom stereocenters. The molecule has 2 aliphatic rings. The van der Waals surface area contributed by atoms with E-state index >= 15 is 0 Å². The second-order valence-electron chi connectivity index (χ2n) is 11.1. The summed E-state index contributed by atoms with van der Waals surface area (Å²) in [5, 5.41) is 3.62. The summed E-state index contributed by atoms with van der Waals surface area (Å²) in [5.74, 6) is 0.224. The molecule has 1 saturated heterocycles. The number of hydrogen-bond donors (Lipinski definition) is 1. The van der Waals surface area contributed by atoms with E-state index in [2.05, 4.69) is 57.6 Å². The molecule has 6 nitrogen and oxygen atoms in total. The number of nitrogens with one attached hydrogen (secondary N) is 1. The predicted molar refractivity (Wildman–Crippen MR) is 167 cm³/mol. The van der Waals surface area contributed by atoms with Gasteiger partial charge in [0.1, 0.15) is 11.6 Å². The van der Waals surface area contributed by atoms with Crippen molar-refractivity contribution in [2.24, 2.45) is 0 Å². The van der Waals surface area contributed by atoms with Gasteiger partial charge >= 0.3 is 0 Å². The normalized spacial score (nSPS) is 18.1. The van der Waals surface area contributed by atoms with Crippen LogP contribution in [0.4, 0.5) is 4.39 Å². The lowest BCUT2D eigenvalue weighted by Gasteiger charge is -2.44. The molecule has 2 atom stereocenters. The van der Waals surface area contributed by atoms with Gasteiger partial charge in [0, 0.05) is 51.3 Å². The molecule has 0 aromatic heterocycles. The monoisotopic (exact) mass is 633 g/mol. The molecule has 2 amide bonds. The minimum Gasteiger partial charge on any atom is -0.492 e. The number of rotatable bonds is 10. The molecule has 2 bridgehead atoms. The van der Waals surface area contributed by atoms with Crippen molar-refractivity contribution in [3.05, 3.63) is 105 Å². The second kappa shape index (κ2) is 13.7. The van der Waals surface area contributed by atoms with Gasteiger partial charge in [-0.3, -0.25) is 9.59 Å². The molecule has 0 spiro atoms. The van der Waals surface area contributed by atoms with Crippen molar-refractivity contribution in [2.75, 3.05) is 33.3 Å². The Morgan fingerprint density at radius 2 is 1.76 bits per heavy atom. The van der Waals surface area contributed by atoms with Crippen molar-refractivity contribution in [3.63, 3.8) is 0 Å². The second-order valence-corrected chi connectivity index (χ2v) is 12.0. The Balaban J connectivity index is 1.30. The summed E-state index contributed by atoms with van der Waals surface area (Å²) in [5.41, 5.74) is 5.24. The number of amides is 2. The van der Waals surface area contributed by atoms with Crippen LogP contribution in [0.5, 0.6) is 5.75 Å². The van der Waals surface area contributed by atoms with E-state index in [-0.39, 0.29) is 29.7 Å². The van der Waals surface area contributed by atoms with Crippen LogP contribution in [-0.4, -0.2) is 67.0 Å². The molecular weight excluding hydrogens is 597 g/mol. The highest BCUT2D eigenvalue weighted by molar-refractivity contribution is 9.10. The molecule has 1 fully saturated rings. The third-order valence-electron chi connectivity index (χ3n) is 8.07.